The molecular formula is C20H22ClFN2O3S. The van der Waals surface area contributed by atoms with E-state index in [2.05, 4.69) is 5.32 Å². The molecule has 1 N–H and O–H groups in total. The van der Waals surface area contributed by atoms with E-state index in [0.29, 0.717) is 17.9 Å². The highest BCUT2D eigenvalue weighted by Gasteiger charge is 2.32. The van der Waals surface area contributed by atoms with Crippen LogP contribution >= 0.6 is 11.6 Å². The summed E-state index contributed by atoms with van der Waals surface area (Å²) in [6.07, 6.45) is 0.888. The number of halogens is 2. The largest absolute Gasteiger partial charge is 0.349 e. The zero-order valence-corrected chi connectivity index (χ0v) is 17.0. The van der Waals surface area contributed by atoms with Crippen molar-refractivity contribution in [1.29, 1.82) is 0 Å². The second-order valence-electron chi connectivity index (χ2n) is 6.91. The van der Waals surface area contributed by atoms with Crippen LogP contribution in [0.15, 0.2) is 53.4 Å². The first-order valence-corrected chi connectivity index (χ1v) is 10.9. The van der Waals surface area contributed by atoms with Crippen molar-refractivity contribution in [2.75, 3.05) is 13.1 Å². The molecule has 0 aliphatic carbocycles. The fraction of sp³-hybridized carbons (Fsp3) is 0.350. The van der Waals surface area contributed by atoms with Gasteiger partial charge in [0.2, 0.25) is 15.9 Å². The van der Waals surface area contributed by atoms with Crippen molar-refractivity contribution < 1.29 is 17.6 Å². The van der Waals surface area contributed by atoms with Gasteiger partial charge < -0.3 is 5.32 Å². The zero-order chi connectivity index (χ0) is 20.3. The lowest BCUT2D eigenvalue weighted by molar-refractivity contribution is -0.126. The van der Waals surface area contributed by atoms with Gasteiger partial charge in [0.15, 0.2) is 0 Å². The zero-order valence-electron chi connectivity index (χ0n) is 15.4. The van der Waals surface area contributed by atoms with Crippen LogP contribution in [0.3, 0.4) is 0 Å². The molecule has 1 aliphatic rings. The predicted octanol–water partition coefficient (Wildman–Crippen LogP) is 3.76. The number of hydrogen-bond donors (Lipinski definition) is 1. The van der Waals surface area contributed by atoms with Gasteiger partial charge in [0.25, 0.3) is 0 Å². The number of amides is 1. The van der Waals surface area contributed by atoms with Crippen molar-refractivity contribution in [2.45, 2.75) is 30.7 Å². The van der Waals surface area contributed by atoms with Crippen LogP contribution in [-0.4, -0.2) is 31.7 Å². The Kier molecular flexibility index (Phi) is 6.37. The highest BCUT2D eigenvalue weighted by atomic mass is 35.5. The van der Waals surface area contributed by atoms with E-state index in [9.17, 15) is 17.6 Å². The first-order chi connectivity index (χ1) is 13.3. The summed E-state index contributed by atoms with van der Waals surface area (Å²) in [6.45, 7) is 2.41. The third kappa shape index (κ3) is 4.71. The number of nitrogens with zero attached hydrogens (tertiary/aromatic N) is 1. The number of sulfonamides is 1. The van der Waals surface area contributed by atoms with Crippen LogP contribution < -0.4 is 5.32 Å². The Bertz CT molecular complexity index is 925. The van der Waals surface area contributed by atoms with Gasteiger partial charge in [-0.25, -0.2) is 12.8 Å². The molecular weight excluding hydrogens is 403 g/mol. The lowest BCUT2D eigenvalue weighted by Crippen LogP contribution is -2.43. The smallest absolute Gasteiger partial charge is 0.243 e. The number of carbonyl (C=O) groups excluding carboxylic acids is 1. The van der Waals surface area contributed by atoms with Gasteiger partial charge in [0.1, 0.15) is 5.82 Å². The Labute approximate surface area is 169 Å². The highest BCUT2D eigenvalue weighted by Crippen LogP contribution is 2.25. The van der Waals surface area contributed by atoms with Crippen LogP contribution in [0.4, 0.5) is 4.39 Å². The molecule has 150 valence electrons. The number of hydrogen-bond acceptors (Lipinski definition) is 3. The number of piperidine rings is 1. The molecule has 1 heterocycles. The maximum Gasteiger partial charge on any atom is 0.243 e. The van der Waals surface area contributed by atoms with E-state index in [1.54, 1.807) is 12.1 Å². The molecule has 2 aromatic carbocycles. The lowest BCUT2D eigenvalue weighted by Gasteiger charge is -2.31. The Morgan fingerprint density at radius 3 is 2.25 bits per heavy atom. The number of nitrogens with one attached hydrogen (secondary N) is 1. The lowest BCUT2D eigenvalue weighted by atomic mass is 9.96. The van der Waals surface area contributed by atoms with Gasteiger partial charge in [0, 0.05) is 24.0 Å². The van der Waals surface area contributed by atoms with E-state index in [-0.39, 0.29) is 35.9 Å². The number of rotatable bonds is 5. The summed E-state index contributed by atoms with van der Waals surface area (Å²) >= 11 is 5.89. The van der Waals surface area contributed by atoms with Gasteiger partial charge in [-0.15, -0.1) is 0 Å². The van der Waals surface area contributed by atoms with Crippen molar-refractivity contribution in [3.8, 4) is 0 Å². The van der Waals surface area contributed by atoms with Gasteiger partial charge in [0.05, 0.1) is 10.9 Å². The molecule has 2 aromatic rings. The molecule has 0 bridgehead atoms. The average molecular weight is 425 g/mol. The van der Waals surface area contributed by atoms with E-state index in [4.69, 9.17) is 11.6 Å². The highest BCUT2D eigenvalue weighted by molar-refractivity contribution is 7.89. The van der Waals surface area contributed by atoms with Gasteiger partial charge in [-0.05, 0) is 61.7 Å². The second-order valence-corrected chi connectivity index (χ2v) is 9.29. The molecule has 0 radical (unpaired) electrons. The van der Waals surface area contributed by atoms with Gasteiger partial charge in [-0.2, -0.15) is 4.31 Å². The van der Waals surface area contributed by atoms with Crippen LogP contribution in [0.25, 0.3) is 0 Å². The third-order valence-corrected chi connectivity index (χ3v) is 7.17. The molecule has 1 saturated heterocycles. The minimum atomic E-state index is -3.68. The summed E-state index contributed by atoms with van der Waals surface area (Å²) in [5, 5.41) is 3.62. The third-order valence-electron chi connectivity index (χ3n) is 5.00. The molecule has 0 unspecified atom stereocenters. The van der Waals surface area contributed by atoms with Crippen LogP contribution in [0.5, 0.6) is 0 Å². The van der Waals surface area contributed by atoms with Crippen LogP contribution in [0, 0.1) is 11.7 Å². The molecule has 8 heteroatoms. The van der Waals surface area contributed by atoms with Crippen molar-refractivity contribution in [1.82, 2.24) is 9.62 Å². The summed E-state index contributed by atoms with van der Waals surface area (Å²) in [7, 11) is -3.68. The normalized spacial score (nSPS) is 17.2. The summed E-state index contributed by atoms with van der Waals surface area (Å²) in [6, 6.07) is 11.9. The topological polar surface area (TPSA) is 66.5 Å². The fourth-order valence-electron chi connectivity index (χ4n) is 3.28. The second kappa shape index (κ2) is 8.59. The van der Waals surface area contributed by atoms with Gasteiger partial charge in [-0.3, -0.25) is 4.79 Å². The molecule has 1 amide bonds. The quantitative estimate of drug-likeness (QED) is 0.794. The molecule has 0 saturated carbocycles. The van der Waals surface area contributed by atoms with Crippen molar-refractivity contribution in [2.24, 2.45) is 5.92 Å². The molecule has 28 heavy (non-hydrogen) atoms. The Morgan fingerprint density at radius 2 is 1.68 bits per heavy atom. The minimum absolute atomic E-state index is 0.0631. The minimum Gasteiger partial charge on any atom is -0.349 e. The molecule has 1 atom stereocenters. The Balaban J connectivity index is 1.57. The van der Waals surface area contributed by atoms with E-state index in [1.165, 1.54) is 16.4 Å². The fourth-order valence-corrected chi connectivity index (χ4v) is 4.88. The van der Waals surface area contributed by atoms with E-state index in [0.717, 1.165) is 17.7 Å². The predicted molar refractivity (Wildman–Crippen MR) is 106 cm³/mol. The number of benzene rings is 2. The van der Waals surface area contributed by atoms with Crippen molar-refractivity contribution in [3.05, 3.63) is 64.9 Å². The van der Waals surface area contributed by atoms with Crippen LogP contribution in [0.1, 0.15) is 31.4 Å². The summed E-state index contributed by atoms with van der Waals surface area (Å²) in [4.78, 5) is 12.6. The maximum atomic E-state index is 13.0. The van der Waals surface area contributed by atoms with Gasteiger partial charge >= 0.3 is 0 Å². The molecule has 0 spiro atoms. The van der Waals surface area contributed by atoms with Crippen molar-refractivity contribution >= 4 is 27.5 Å². The molecule has 5 nitrogen and oxygen atoms in total. The Morgan fingerprint density at radius 1 is 1.11 bits per heavy atom. The standard InChI is InChI=1S/C20H22ClFN2O3S/c1-14(15-2-4-17(21)5-3-15)23-20(25)16-10-12-24(13-11-16)28(26,27)19-8-6-18(22)7-9-19/h2-9,14,16H,10-13H2,1H3,(H,23,25)/t14-/m1/s1. The molecule has 3 rings (SSSR count). The number of carbonyl (C=O) groups is 1. The summed E-state index contributed by atoms with van der Waals surface area (Å²) < 4.78 is 39.7. The Hall–Kier alpha value is -1.96. The summed E-state index contributed by atoms with van der Waals surface area (Å²) in [5.74, 6) is -0.806. The molecule has 1 aliphatic heterocycles. The molecule has 0 aromatic heterocycles. The monoisotopic (exact) mass is 424 g/mol. The van der Waals surface area contributed by atoms with E-state index >= 15 is 0 Å². The van der Waals surface area contributed by atoms with Crippen molar-refractivity contribution in [3.63, 3.8) is 0 Å². The molecule has 1 fully saturated rings. The van der Waals surface area contributed by atoms with E-state index < -0.39 is 15.8 Å². The average Bonchev–Trinajstić information content (AvgIpc) is 2.69. The van der Waals surface area contributed by atoms with E-state index in [1.807, 2.05) is 19.1 Å². The maximum absolute atomic E-state index is 13.0. The first-order valence-electron chi connectivity index (χ1n) is 9.09. The first kappa shape index (κ1) is 20.8. The van der Waals surface area contributed by atoms with Gasteiger partial charge in [-0.1, -0.05) is 23.7 Å². The van der Waals surface area contributed by atoms with Crippen LogP contribution in [-0.2, 0) is 14.8 Å². The summed E-state index contributed by atoms with van der Waals surface area (Å²) in [5.41, 5.74) is 0.953. The SMILES string of the molecule is C[C@@H](NC(=O)C1CCN(S(=O)(=O)c2ccc(F)cc2)CC1)c1ccc(Cl)cc1. The van der Waals surface area contributed by atoms with Crippen LogP contribution in [0.2, 0.25) is 5.02 Å².